The van der Waals surface area contributed by atoms with Crippen LogP contribution < -0.4 is 4.74 Å². The highest BCUT2D eigenvalue weighted by Gasteiger charge is 2.22. The minimum Gasteiger partial charge on any atom is -0.491 e. The van der Waals surface area contributed by atoms with Gasteiger partial charge in [-0.1, -0.05) is 11.6 Å². The molecule has 124 valence electrons. The summed E-state index contributed by atoms with van der Waals surface area (Å²) in [5.74, 6) is 1.31. The number of rotatable bonds is 6. The quantitative estimate of drug-likeness (QED) is 0.852. The van der Waals surface area contributed by atoms with Gasteiger partial charge in [0.1, 0.15) is 18.5 Å². The van der Waals surface area contributed by atoms with E-state index in [1.54, 1.807) is 12.1 Å². The van der Waals surface area contributed by atoms with Crippen LogP contribution in [0.4, 0.5) is 0 Å². The van der Waals surface area contributed by atoms with Gasteiger partial charge in [0.25, 0.3) is 0 Å². The predicted octanol–water partition coefficient (Wildman–Crippen LogP) is 2.68. The summed E-state index contributed by atoms with van der Waals surface area (Å²) in [5.41, 5.74) is 1.29. The Balaban J connectivity index is 1.39. The minimum absolute atomic E-state index is 0.295. The van der Waals surface area contributed by atoms with Crippen molar-refractivity contribution in [3.05, 3.63) is 47.2 Å². The maximum atomic E-state index is 10.2. The van der Waals surface area contributed by atoms with E-state index in [9.17, 15) is 5.11 Å². The fourth-order valence-electron chi connectivity index (χ4n) is 3.01. The molecule has 5 nitrogen and oxygen atoms in total. The molecule has 0 radical (unpaired) electrons. The van der Waals surface area contributed by atoms with Gasteiger partial charge in [-0.2, -0.15) is 5.10 Å². The first-order chi connectivity index (χ1) is 11.2. The molecular weight excluding hydrogens is 314 g/mol. The standard InChI is InChI=1S/C17H22ClN3O2/c18-15-1-3-17(4-2-15)23-12-16(22)11-21-7-5-13(6-8-21)14-9-19-20-10-14/h1-4,9-10,13,16,22H,5-8,11-12H2,(H,19,20). The van der Waals surface area contributed by atoms with E-state index in [0.717, 1.165) is 31.7 Å². The highest BCUT2D eigenvalue weighted by atomic mass is 35.5. The summed E-state index contributed by atoms with van der Waals surface area (Å²) < 4.78 is 5.60. The normalized spacial score (nSPS) is 18.0. The topological polar surface area (TPSA) is 61.4 Å². The summed E-state index contributed by atoms with van der Waals surface area (Å²) in [6.45, 7) is 2.93. The monoisotopic (exact) mass is 335 g/mol. The van der Waals surface area contributed by atoms with E-state index in [0.29, 0.717) is 24.1 Å². The van der Waals surface area contributed by atoms with Crippen LogP contribution in [0.25, 0.3) is 0 Å². The second kappa shape index (κ2) is 7.81. The van der Waals surface area contributed by atoms with Crippen molar-refractivity contribution in [1.82, 2.24) is 15.1 Å². The second-order valence-corrected chi connectivity index (χ2v) is 6.46. The molecule has 1 unspecified atom stereocenters. The molecule has 0 spiro atoms. The van der Waals surface area contributed by atoms with Crippen molar-refractivity contribution in [2.75, 3.05) is 26.2 Å². The highest BCUT2D eigenvalue weighted by molar-refractivity contribution is 6.30. The number of hydrogen-bond acceptors (Lipinski definition) is 4. The number of benzene rings is 1. The molecule has 23 heavy (non-hydrogen) atoms. The van der Waals surface area contributed by atoms with Crippen molar-refractivity contribution >= 4 is 11.6 Å². The maximum Gasteiger partial charge on any atom is 0.119 e. The molecule has 1 aromatic carbocycles. The molecule has 1 atom stereocenters. The summed E-state index contributed by atoms with van der Waals surface area (Å²) in [6.07, 6.45) is 5.61. The molecule has 2 aromatic rings. The molecule has 1 aliphatic heterocycles. The van der Waals surface area contributed by atoms with Crippen LogP contribution in [0.15, 0.2) is 36.7 Å². The molecule has 0 aliphatic carbocycles. The summed E-state index contributed by atoms with van der Waals surface area (Å²) in [4.78, 5) is 2.30. The van der Waals surface area contributed by atoms with Gasteiger partial charge in [0.15, 0.2) is 0 Å². The average molecular weight is 336 g/mol. The number of aromatic nitrogens is 2. The van der Waals surface area contributed by atoms with Gasteiger partial charge >= 0.3 is 0 Å². The van der Waals surface area contributed by atoms with Gasteiger partial charge in [-0.15, -0.1) is 0 Å². The summed E-state index contributed by atoms with van der Waals surface area (Å²) in [7, 11) is 0. The number of ether oxygens (including phenoxy) is 1. The number of H-pyrrole nitrogens is 1. The molecule has 0 saturated carbocycles. The number of likely N-dealkylation sites (tertiary alicyclic amines) is 1. The maximum absolute atomic E-state index is 10.2. The van der Waals surface area contributed by atoms with E-state index in [1.807, 2.05) is 24.5 Å². The van der Waals surface area contributed by atoms with E-state index < -0.39 is 6.10 Å². The molecule has 2 heterocycles. The Labute approximate surface area is 141 Å². The van der Waals surface area contributed by atoms with Crippen LogP contribution >= 0.6 is 11.6 Å². The molecule has 0 bridgehead atoms. The largest absolute Gasteiger partial charge is 0.491 e. The lowest BCUT2D eigenvalue weighted by Crippen LogP contribution is -2.40. The number of halogens is 1. The van der Waals surface area contributed by atoms with Gasteiger partial charge in [0, 0.05) is 17.8 Å². The van der Waals surface area contributed by atoms with Crippen molar-refractivity contribution in [2.45, 2.75) is 24.9 Å². The third-order valence-electron chi connectivity index (χ3n) is 4.30. The Morgan fingerprint density at radius 1 is 1.30 bits per heavy atom. The molecule has 0 amide bonds. The number of nitrogens with zero attached hydrogens (tertiary/aromatic N) is 2. The molecule has 1 saturated heterocycles. The number of β-amino-alcohol motifs (C(OH)–C–C–N with tert-alkyl or cyclic N) is 1. The van der Waals surface area contributed by atoms with Crippen LogP contribution in [0.1, 0.15) is 24.3 Å². The van der Waals surface area contributed by atoms with Crippen LogP contribution in [-0.4, -0.2) is 52.5 Å². The summed E-state index contributed by atoms with van der Waals surface area (Å²) >= 11 is 5.83. The minimum atomic E-state index is -0.490. The van der Waals surface area contributed by atoms with E-state index >= 15 is 0 Å². The summed E-state index contributed by atoms with van der Waals surface area (Å²) in [5, 5.41) is 17.7. The lowest BCUT2D eigenvalue weighted by atomic mass is 9.91. The zero-order valence-electron chi connectivity index (χ0n) is 13.0. The molecule has 1 fully saturated rings. The third-order valence-corrected chi connectivity index (χ3v) is 4.56. The van der Waals surface area contributed by atoms with Crippen molar-refractivity contribution in [1.29, 1.82) is 0 Å². The van der Waals surface area contributed by atoms with Crippen LogP contribution in [0, 0.1) is 0 Å². The van der Waals surface area contributed by atoms with Gasteiger partial charge in [-0.05, 0) is 61.7 Å². The Morgan fingerprint density at radius 2 is 2.04 bits per heavy atom. The van der Waals surface area contributed by atoms with E-state index in [1.165, 1.54) is 5.56 Å². The van der Waals surface area contributed by atoms with Crippen LogP contribution in [0.5, 0.6) is 5.75 Å². The van der Waals surface area contributed by atoms with Gasteiger partial charge in [0.05, 0.1) is 6.20 Å². The molecule has 2 N–H and O–H groups in total. The van der Waals surface area contributed by atoms with Crippen LogP contribution in [-0.2, 0) is 0 Å². The first-order valence-corrected chi connectivity index (χ1v) is 8.36. The predicted molar refractivity (Wildman–Crippen MR) is 90.0 cm³/mol. The summed E-state index contributed by atoms with van der Waals surface area (Å²) in [6, 6.07) is 7.19. The van der Waals surface area contributed by atoms with Crippen LogP contribution in [0.3, 0.4) is 0 Å². The van der Waals surface area contributed by atoms with Gasteiger partial charge in [-0.3, -0.25) is 5.10 Å². The Kier molecular flexibility index (Phi) is 5.54. The smallest absolute Gasteiger partial charge is 0.119 e. The van der Waals surface area contributed by atoms with Gasteiger partial charge in [0.2, 0.25) is 0 Å². The average Bonchev–Trinajstić information content (AvgIpc) is 3.09. The lowest BCUT2D eigenvalue weighted by Gasteiger charge is -2.32. The molecule has 1 aliphatic rings. The number of nitrogens with one attached hydrogen (secondary N) is 1. The number of aromatic amines is 1. The first-order valence-electron chi connectivity index (χ1n) is 7.98. The fraction of sp³-hybridized carbons (Fsp3) is 0.471. The lowest BCUT2D eigenvalue weighted by molar-refractivity contribution is 0.0594. The van der Waals surface area contributed by atoms with E-state index in [-0.39, 0.29) is 0 Å². The Bertz CT molecular complexity index is 580. The molecule has 6 heteroatoms. The van der Waals surface area contributed by atoms with Crippen molar-refractivity contribution in [3.63, 3.8) is 0 Å². The zero-order chi connectivity index (χ0) is 16.1. The van der Waals surface area contributed by atoms with Crippen LogP contribution in [0.2, 0.25) is 5.02 Å². The highest BCUT2D eigenvalue weighted by Crippen LogP contribution is 2.27. The number of aliphatic hydroxyl groups is 1. The van der Waals surface area contributed by atoms with Gasteiger partial charge in [-0.25, -0.2) is 0 Å². The first kappa shape index (κ1) is 16.3. The number of hydrogen-bond donors (Lipinski definition) is 2. The van der Waals surface area contributed by atoms with Gasteiger partial charge < -0.3 is 14.7 Å². The number of piperidine rings is 1. The molecule has 3 rings (SSSR count). The van der Waals surface area contributed by atoms with Crippen molar-refractivity contribution < 1.29 is 9.84 Å². The Morgan fingerprint density at radius 3 is 2.70 bits per heavy atom. The zero-order valence-corrected chi connectivity index (χ0v) is 13.7. The fourth-order valence-corrected chi connectivity index (χ4v) is 3.13. The second-order valence-electron chi connectivity index (χ2n) is 6.03. The molecule has 1 aromatic heterocycles. The van der Waals surface area contributed by atoms with Crippen molar-refractivity contribution in [3.8, 4) is 5.75 Å². The Hall–Kier alpha value is -1.56. The number of aliphatic hydroxyl groups excluding tert-OH is 1. The van der Waals surface area contributed by atoms with E-state index in [4.69, 9.17) is 16.3 Å². The molecular formula is C17H22ClN3O2. The third kappa shape index (κ3) is 4.70. The van der Waals surface area contributed by atoms with E-state index in [2.05, 4.69) is 15.1 Å². The SMILES string of the molecule is OC(COc1ccc(Cl)cc1)CN1CCC(c2cn[nH]c2)CC1. The van der Waals surface area contributed by atoms with Crippen molar-refractivity contribution in [2.24, 2.45) is 0 Å².